The third-order valence-corrected chi connectivity index (χ3v) is 5.44. The van der Waals surface area contributed by atoms with Crippen molar-refractivity contribution in [1.82, 2.24) is 4.90 Å². The Balaban J connectivity index is 3.53. The number of hydrogen-bond acceptors (Lipinski definition) is 1. The van der Waals surface area contributed by atoms with Crippen LogP contribution in [0.25, 0.3) is 0 Å². The highest BCUT2D eigenvalue weighted by Crippen LogP contribution is 2.16. The van der Waals surface area contributed by atoms with Crippen molar-refractivity contribution in [2.24, 2.45) is 0 Å². The van der Waals surface area contributed by atoms with Gasteiger partial charge in [-0.25, -0.2) is 0 Å². The van der Waals surface area contributed by atoms with E-state index in [1.807, 2.05) is 0 Å². The van der Waals surface area contributed by atoms with Crippen molar-refractivity contribution in [2.45, 2.75) is 124 Å². The summed E-state index contributed by atoms with van der Waals surface area (Å²) in [6.45, 7) is 11.6. The Morgan fingerprint density at radius 3 is 1.73 bits per heavy atom. The van der Waals surface area contributed by atoms with Crippen LogP contribution in [0.5, 0.6) is 0 Å². The quantitative estimate of drug-likeness (QED) is 0.165. The highest BCUT2D eigenvalue weighted by atomic mass is 15.1. The molecular weight excluding hydrogens is 314 g/mol. The van der Waals surface area contributed by atoms with E-state index in [0.29, 0.717) is 0 Å². The summed E-state index contributed by atoms with van der Waals surface area (Å²) in [5.41, 5.74) is 0. The first kappa shape index (κ1) is 25.4. The molecule has 0 fully saturated rings. The molecule has 0 aromatic heterocycles. The Labute approximate surface area is 166 Å². The summed E-state index contributed by atoms with van der Waals surface area (Å²) in [7, 11) is 0. The number of nitrogens with zero attached hydrogens (tertiary/aromatic N) is 1. The van der Waals surface area contributed by atoms with Crippen molar-refractivity contribution in [3.05, 3.63) is 24.3 Å². The standard InChI is InChI=1S/C25H49N/c1-5-9-10-11-12-13-14-15-16-17-18-19-20-21-22-24-25(23-6-2)26(7-3)8-4/h12-13,15-16,25H,5-11,14,17-24H2,1-4H3/b13-12-,16-15-. The monoisotopic (exact) mass is 363 g/mol. The van der Waals surface area contributed by atoms with E-state index in [4.69, 9.17) is 0 Å². The van der Waals surface area contributed by atoms with E-state index in [-0.39, 0.29) is 0 Å². The Hall–Kier alpha value is -0.560. The van der Waals surface area contributed by atoms with Gasteiger partial charge in [0.05, 0.1) is 0 Å². The van der Waals surface area contributed by atoms with Gasteiger partial charge in [0.15, 0.2) is 0 Å². The summed E-state index contributed by atoms with van der Waals surface area (Å²) in [6.07, 6.45) is 28.2. The summed E-state index contributed by atoms with van der Waals surface area (Å²) in [6, 6.07) is 0.827. The van der Waals surface area contributed by atoms with Crippen LogP contribution in [0.1, 0.15) is 118 Å². The van der Waals surface area contributed by atoms with E-state index < -0.39 is 0 Å². The zero-order chi connectivity index (χ0) is 19.3. The molecule has 1 atom stereocenters. The molecule has 0 bridgehead atoms. The maximum atomic E-state index is 2.66. The predicted molar refractivity (Wildman–Crippen MR) is 121 cm³/mol. The van der Waals surface area contributed by atoms with Crippen LogP contribution in [0.3, 0.4) is 0 Å². The van der Waals surface area contributed by atoms with Gasteiger partial charge in [0, 0.05) is 6.04 Å². The van der Waals surface area contributed by atoms with Crippen LogP contribution >= 0.6 is 0 Å². The fraction of sp³-hybridized carbons (Fsp3) is 0.840. The maximum absolute atomic E-state index is 2.66. The molecule has 0 amide bonds. The molecule has 0 radical (unpaired) electrons. The van der Waals surface area contributed by atoms with Crippen LogP contribution in [-0.4, -0.2) is 24.0 Å². The Morgan fingerprint density at radius 1 is 0.577 bits per heavy atom. The normalized spacial score (nSPS) is 13.4. The molecule has 0 aromatic carbocycles. The van der Waals surface area contributed by atoms with Crippen LogP contribution in [0.2, 0.25) is 0 Å². The lowest BCUT2D eigenvalue weighted by Gasteiger charge is -2.29. The largest absolute Gasteiger partial charge is 0.301 e. The topological polar surface area (TPSA) is 3.24 Å². The summed E-state index contributed by atoms with van der Waals surface area (Å²) in [5.74, 6) is 0. The lowest BCUT2D eigenvalue weighted by molar-refractivity contribution is 0.190. The summed E-state index contributed by atoms with van der Waals surface area (Å²) < 4.78 is 0. The molecular formula is C25H49N. The molecule has 154 valence electrons. The molecule has 0 saturated carbocycles. The maximum Gasteiger partial charge on any atom is 0.00949 e. The van der Waals surface area contributed by atoms with Gasteiger partial charge >= 0.3 is 0 Å². The fourth-order valence-electron chi connectivity index (χ4n) is 3.77. The predicted octanol–water partition coefficient (Wildman–Crippen LogP) is 8.31. The molecule has 0 aromatic rings. The van der Waals surface area contributed by atoms with Crippen molar-refractivity contribution in [1.29, 1.82) is 0 Å². The van der Waals surface area contributed by atoms with Gasteiger partial charge in [0.2, 0.25) is 0 Å². The molecule has 26 heavy (non-hydrogen) atoms. The molecule has 0 aliphatic carbocycles. The number of hydrogen-bond donors (Lipinski definition) is 0. The SMILES string of the molecule is CCCCC/C=C\C/C=C\CCCCCCCC(CCC)N(CC)CC. The first-order chi connectivity index (χ1) is 12.8. The Morgan fingerprint density at radius 2 is 1.15 bits per heavy atom. The van der Waals surface area contributed by atoms with Crippen LogP contribution in [-0.2, 0) is 0 Å². The van der Waals surface area contributed by atoms with E-state index in [9.17, 15) is 0 Å². The lowest BCUT2D eigenvalue weighted by Crippen LogP contribution is -2.34. The molecule has 0 saturated heterocycles. The van der Waals surface area contributed by atoms with Gasteiger partial charge in [-0.1, -0.05) is 96.9 Å². The molecule has 0 spiro atoms. The van der Waals surface area contributed by atoms with Crippen LogP contribution in [0.15, 0.2) is 24.3 Å². The van der Waals surface area contributed by atoms with Crippen molar-refractivity contribution in [2.75, 3.05) is 13.1 Å². The summed E-state index contributed by atoms with van der Waals surface area (Å²) in [4.78, 5) is 2.66. The molecule has 1 nitrogen and oxygen atoms in total. The Kier molecular flexibility index (Phi) is 20.3. The second-order valence-electron chi connectivity index (χ2n) is 7.68. The highest BCUT2D eigenvalue weighted by Gasteiger charge is 2.13. The highest BCUT2D eigenvalue weighted by molar-refractivity contribution is 4.92. The molecule has 0 N–H and O–H groups in total. The van der Waals surface area contributed by atoms with Gasteiger partial charge < -0.3 is 4.90 Å². The van der Waals surface area contributed by atoms with Crippen LogP contribution in [0.4, 0.5) is 0 Å². The molecule has 0 aliphatic rings. The number of allylic oxidation sites excluding steroid dienone is 4. The minimum atomic E-state index is 0.827. The second-order valence-corrected chi connectivity index (χ2v) is 7.68. The van der Waals surface area contributed by atoms with Crippen LogP contribution < -0.4 is 0 Å². The van der Waals surface area contributed by atoms with E-state index >= 15 is 0 Å². The van der Waals surface area contributed by atoms with Gasteiger partial charge in [0.25, 0.3) is 0 Å². The van der Waals surface area contributed by atoms with Gasteiger partial charge in [-0.15, -0.1) is 0 Å². The molecule has 0 heterocycles. The van der Waals surface area contributed by atoms with Gasteiger partial charge in [0.1, 0.15) is 0 Å². The number of unbranched alkanes of at least 4 members (excludes halogenated alkanes) is 8. The van der Waals surface area contributed by atoms with E-state index in [1.165, 1.54) is 96.6 Å². The zero-order valence-corrected chi connectivity index (χ0v) is 18.6. The van der Waals surface area contributed by atoms with Gasteiger partial charge in [-0.05, 0) is 58.0 Å². The zero-order valence-electron chi connectivity index (χ0n) is 18.6. The molecule has 1 heteroatoms. The van der Waals surface area contributed by atoms with Crippen LogP contribution in [0, 0.1) is 0 Å². The minimum absolute atomic E-state index is 0.827. The fourth-order valence-corrected chi connectivity index (χ4v) is 3.77. The average molecular weight is 364 g/mol. The average Bonchev–Trinajstić information content (AvgIpc) is 2.65. The molecule has 0 rings (SSSR count). The summed E-state index contributed by atoms with van der Waals surface area (Å²) in [5, 5.41) is 0. The van der Waals surface area contributed by atoms with Crippen molar-refractivity contribution >= 4 is 0 Å². The first-order valence-electron chi connectivity index (χ1n) is 11.8. The lowest BCUT2D eigenvalue weighted by atomic mass is 10.0. The van der Waals surface area contributed by atoms with E-state index in [2.05, 4.69) is 56.9 Å². The summed E-state index contributed by atoms with van der Waals surface area (Å²) >= 11 is 0. The Bertz CT molecular complexity index is 314. The van der Waals surface area contributed by atoms with Crippen molar-refractivity contribution in [3.8, 4) is 0 Å². The van der Waals surface area contributed by atoms with Gasteiger partial charge in [-0.3, -0.25) is 0 Å². The minimum Gasteiger partial charge on any atom is -0.301 e. The molecule has 0 aliphatic heterocycles. The molecule has 1 unspecified atom stereocenters. The first-order valence-corrected chi connectivity index (χ1v) is 11.8. The second kappa shape index (κ2) is 20.7. The van der Waals surface area contributed by atoms with E-state index in [1.54, 1.807) is 0 Å². The third-order valence-electron chi connectivity index (χ3n) is 5.44. The third kappa shape index (κ3) is 15.7. The van der Waals surface area contributed by atoms with Crippen molar-refractivity contribution in [3.63, 3.8) is 0 Å². The number of rotatable bonds is 19. The smallest absolute Gasteiger partial charge is 0.00949 e. The van der Waals surface area contributed by atoms with Crippen molar-refractivity contribution < 1.29 is 0 Å². The van der Waals surface area contributed by atoms with E-state index in [0.717, 1.165) is 12.5 Å². The van der Waals surface area contributed by atoms with Gasteiger partial charge in [-0.2, -0.15) is 0 Å².